The van der Waals surface area contributed by atoms with Crippen molar-refractivity contribution >= 4 is 29.2 Å². The maximum atomic E-state index is 13.1. The molecule has 0 spiro atoms. The van der Waals surface area contributed by atoms with Crippen molar-refractivity contribution in [1.82, 2.24) is 19.8 Å². The summed E-state index contributed by atoms with van der Waals surface area (Å²) >= 11 is 5.93. The first kappa shape index (κ1) is 20.7. The number of halogens is 4. The first-order valence-electron chi connectivity index (χ1n) is 8.47. The predicted octanol–water partition coefficient (Wildman–Crippen LogP) is 3.18. The summed E-state index contributed by atoms with van der Waals surface area (Å²) in [6.07, 6.45) is -0.434. The third-order valence-electron chi connectivity index (χ3n) is 4.51. The fraction of sp³-hybridized carbons (Fsp3) is 0.278. The maximum absolute atomic E-state index is 13.1. The molecule has 0 radical (unpaired) electrons. The highest BCUT2D eigenvalue weighted by atomic mass is 35.5. The Bertz CT molecular complexity index is 966. The smallest absolute Gasteiger partial charge is 0.327 e. The number of aromatic nitrogens is 2. The number of hydrogen-bond donors (Lipinski definition) is 2. The van der Waals surface area contributed by atoms with Gasteiger partial charge >= 0.3 is 6.18 Å². The molecule has 0 saturated carbocycles. The Morgan fingerprint density at radius 2 is 2.07 bits per heavy atom. The van der Waals surface area contributed by atoms with Gasteiger partial charge in [0.05, 0.1) is 16.8 Å². The number of amidine groups is 2. The van der Waals surface area contributed by atoms with E-state index in [-0.39, 0.29) is 30.2 Å². The molecular weight excluding hydrogens is 409 g/mol. The monoisotopic (exact) mass is 424 g/mol. The van der Waals surface area contributed by atoms with Gasteiger partial charge in [-0.25, -0.2) is 4.98 Å². The Labute approximate surface area is 169 Å². The lowest BCUT2D eigenvalue weighted by molar-refractivity contribution is -0.137. The van der Waals surface area contributed by atoms with Crippen LogP contribution in [-0.2, 0) is 17.5 Å². The first-order chi connectivity index (χ1) is 13.6. The molecule has 1 aromatic carbocycles. The molecule has 1 atom stereocenters. The largest absolute Gasteiger partial charge is 0.417 e. The van der Waals surface area contributed by atoms with Crippen LogP contribution in [0.2, 0.25) is 5.02 Å². The highest BCUT2D eigenvalue weighted by molar-refractivity contribution is 6.40. The van der Waals surface area contributed by atoms with Gasteiger partial charge in [-0.1, -0.05) is 23.7 Å². The van der Waals surface area contributed by atoms with Gasteiger partial charge in [-0.3, -0.25) is 20.6 Å². The number of rotatable bonds is 3. The van der Waals surface area contributed by atoms with E-state index in [9.17, 15) is 18.0 Å². The summed E-state index contributed by atoms with van der Waals surface area (Å²) in [5, 5.41) is 15.9. The minimum atomic E-state index is -4.61. The van der Waals surface area contributed by atoms with Gasteiger partial charge in [0.25, 0.3) is 5.91 Å². The third kappa shape index (κ3) is 4.07. The fourth-order valence-electron chi connectivity index (χ4n) is 3.00. The molecule has 1 fully saturated rings. The van der Waals surface area contributed by atoms with E-state index in [2.05, 4.69) is 9.97 Å². The number of carbonyl (C=O) groups is 1. The minimum absolute atomic E-state index is 0.108. The number of alkyl halides is 3. The molecular formula is C18H16ClF3N6O. The number of piperazine rings is 1. The molecule has 2 aromatic rings. The van der Waals surface area contributed by atoms with Crippen LogP contribution in [-0.4, -0.2) is 49.9 Å². The molecule has 0 bridgehead atoms. The second kappa shape index (κ2) is 7.78. The molecule has 3 rings (SSSR count). The quantitative estimate of drug-likeness (QED) is 0.584. The molecule has 1 aliphatic rings. The standard InChI is InChI=1S/C18H16ClF3N6O/c1-10-8-28(15(23)13-7-25-5-6-26-13)16(24)17(29)27(10)9-11-3-2-4-12(14(11)19)18(20,21)22/h2-7,10,23-24H,8-9H2,1H3/t10-/m1/s1. The van der Waals surface area contributed by atoms with Gasteiger partial charge in [-0.15, -0.1) is 0 Å². The SMILES string of the molecule is C[C@@H]1CN(C(=N)c2cnccn2)C(=N)C(=O)N1Cc1cccc(C(F)(F)F)c1Cl. The van der Waals surface area contributed by atoms with Crippen molar-refractivity contribution < 1.29 is 18.0 Å². The number of hydrogen-bond acceptors (Lipinski definition) is 5. The van der Waals surface area contributed by atoms with Crippen LogP contribution in [0.1, 0.15) is 23.7 Å². The zero-order valence-corrected chi connectivity index (χ0v) is 15.9. The van der Waals surface area contributed by atoms with Crippen molar-refractivity contribution in [1.29, 1.82) is 10.8 Å². The van der Waals surface area contributed by atoms with Crippen LogP contribution in [0.15, 0.2) is 36.8 Å². The van der Waals surface area contributed by atoms with E-state index in [0.717, 1.165) is 6.07 Å². The molecule has 0 unspecified atom stereocenters. The zero-order chi connectivity index (χ0) is 21.3. The molecule has 2 heterocycles. The summed E-state index contributed by atoms with van der Waals surface area (Å²) < 4.78 is 39.3. The van der Waals surface area contributed by atoms with Gasteiger partial charge in [-0.2, -0.15) is 13.2 Å². The lowest BCUT2D eigenvalue weighted by Gasteiger charge is -2.40. The summed E-state index contributed by atoms with van der Waals surface area (Å²) in [7, 11) is 0. The Morgan fingerprint density at radius 1 is 1.34 bits per heavy atom. The van der Waals surface area contributed by atoms with E-state index in [1.807, 2.05) is 0 Å². The van der Waals surface area contributed by atoms with E-state index < -0.39 is 34.5 Å². The second-order valence-corrected chi connectivity index (χ2v) is 6.83. The number of benzene rings is 1. The van der Waals surface area contributed by atoms with Crippen LogP contribution in [0.5, 0.6) is 0 Å². The molecule has 1 amide bonds. The molecule has 0 aliphatic carbocycles. The van der Waals surface area contributed by atoms with Crippen molar-refractivity contribution in [2.24, 2.45) is 0 Å². The van der Waals surface area contributed by atoms with Crippen LogP contribution in [0, 0.1) is 10.8 Å². The Morgan fingerprint density at radius 3 is 2.69 bits per heavy atom. The van der Waals surface area contributed by atoms with Crippen LogP contribution >= 0.6 is 11.6 Å². The second-order valence-electron chi connectivity index (χ2n) is 6.46. The first-order valence-corrected chi connectivity index (χ1v) is 8.85. The van der Waals surface area contributed by atoms with Crippen LogP contribution in [0.4, 0.5) is 13.2 Å². The lowest BCUT2D eigenvalue weighted by Crippen LogP contribution is -2.59. The average Bonchev–Trinajstić information content (AvgIpc) is 2.68. The summed E-state index contributed by atoms with van der Waals surface area (Å²) in [6.45, 7) is 1.61. The third-order valence-corrected chi connectivity index (χ3v) is 4.96. The van der Waals surface area contributed by atoms with Crippen molar-refractivity contribution in [2.75, 3.05) is 6.54 Å². The maximum Gasteiger partial charge on any atom is 0.417 e. The highest BCUT2D eigenvalue weighted by Gasteiger charge is 2.38. The van der Waals surface area contributed by atoms with E-state index in [4.69, 9.17) is 22.4 Å². The predicted molar refractivity (Wildman–Crippen MR) is 99.8 cm³/mol. The molecule has 152 valence electrons. The normalized spacial score (nSPS) is 17.6. The molecule has 29 heavy (non-hydrogen) atoms. The van der Waals surface area contributed by atoms with E-state index in [1.54, 1.807) is 6.92 Å². The molecule has 2 N–H and O–H groups in total. The van der Waals surface area contributed by atoms with Crippen LogP contribution in [0.25, 0.3) is 0 Å². The van der Waals surface area contributed by atoms with Crippen molar-refractivity contribution in [3.05, 3.63) is 58.6 Å². The Hall–Kier alpha value is -3.01. The van der Waals surface area contributed by atoms with Gasteiger partial charge in [0.2, 0.25) is 0 Å². The van der Waals surface area contributed by atoms with Crippen LogP contribution in [0.3, 0.4) is 0 Å². The Balaban J connectivity index is 1.83. The number of carbonyl (C=O) groups excluding carboxylic acids is 1. The molecule has 1 aromatic heterocycles. The van der Waals surface area contributed by atoms with Gasteiger partial charge in [0.1, 0.15) is 5.69 Å². The van der Waals surface area contributed by atoms with Gasteiger partial charge in [-0.05, 0) is 18.6 Å². The lowest BCUT2D eigenvalue weighted by atomic mass is 10.1. The number of nitrogens with one attached hydrogen (secondary N) is 2. The summed E-state index contributed by atoms with van der Waals surface area (Å²) in [5.74, 6) is -1.34. The number of amides is 1. The zero-order valence-electron chi connectivity index (χ0n) is 15.2. The molecule has 1 saturated heterocycles. The summed E-state index contributed by atoms with van der Waals surface area (Å²) in [4.78, 5) is 23.1. The summed E-state index contributed by atoms with van der Waals surface area (Å²) in [6, 6.07) is 3.03. The topological polar surface area (TPSA) is 97.0 Å². The average molecular weight is 425 g/mol. The summed E-state index contributed by atoms with van der Waals surface area (Å²) in [5.41, 5.74) is -0.645. The van der Waals surface area contributed by atoms with Gasteiger partial charge in [0.15, 0.2) is 11.7 Å². The van der Waals surface area contributed by atoms with Crippen LogP contribution < -0.4 is 0 Å². The minimum Gasteiger partial charge on any atom is -0.327 e. The Kier molecular flexibility index (Phi) is 5.56. The van der Waals surface area contributed by atoms with Gasteiger partial charge < -0.3 is 9.80 Å². The van der Waals surface area contributed by atoms with Gasteiger partial charge in [0, 0.05) is 31.5 Å². The van der Waals surface area contributed by atoms with E-state index in [1.165, 1.54) is 40.5 Å². The van der Waals surface area contributed by atoms with E-state index in [0.29, 0.717) is 0 Å². The fourth-order valence-corrected chi connectivity index (χ4v) is 3.29. The molecule has 7 nitrogen and oxygen atoms in total. The van der Waals surface area contributed by atoms with Crippen molar-refractivity contribution in [3.63, 3.8) is 0 Å². The molecule has 1 aliphatic heterocycles. The van der Waals surface area contributed by atoms with Crippen molar-refractivity contribution in [2.45, 2.75) is 25.7 Å². The van der Waals surface area contributed by atoms with Crippen molar-refractivity contribution in [3.8, 4) is 0 Å². The number of nitrogens with zero attached hydrogens (tertiary/aromatic N) is 4. The molecule has 11 heteroatoms. The van der Waals surface area contributed by atoms with E-state index >= 15 is 0 Å². The highest BCUT2D eigenvalue weighted by Crippen LogP contribution is 2.36.